The smallest absolute Gasteiger partial charge is 0.335 e. The summed E-state index contributed by atoms with van der Waals surface area (Å²) in [6.45, 7) is 5.50. The van der Waals surface area contributed by atoms with Crippen molar-refractivity contribution in [3.63, 3.8) is 0 Å². The summed E-state index contributed by atoms with van der Waals surface area (Å²) in [5.74, 6) is -0.484. The maximum Gasteiger partial charge on any atom is 0.335 e. The standard InChI is InChI=1S/C20H25N3O3/c1-13-14(2)21-22-18(13)9-10-19(24)23-11-3-4-17(12-23)15-5-7-16(8-6-15)20(25)26/h5-8,17H,3-4,9-12H2,1-2H3,(H,21,22)(H,25,26)/t17-/m1/s1. The first-order valence-electron chi connectivity index (χ1n) is 9.07. The SMILES string of the molecule is Cc1[nH]nc(CCC(=O)N2CCC[C@@H](c3ccc(C(=O)O)cc3)C2)c1C. The molecule has 1 fully saturated rings. The van der Waals surface area contributed by atoms with E-state index in [1.54, 1.807) is 12.1 Å². The first-order chi connectivity index (χ1) is 12.5. The van der Waals surface area contributed by atoms with Gasteiger partial charge in [0.05, 0.1) is 11.3 Å². The second-order valence-electron chi connectivity index (χ2n) is 7.03. The Kier molecular flexibility index (Phi) is 5.40. The van der Waals surface area contributed by atoms with Crippen LogP contribution >= 0.6 is 0 Å². The van der Waals surface area contributed by atoms with Crippen molar-refractivity contribution in [1.29, 1.82) is 0 Å². The molecular formula is C20H25N3O3. The number of aromatic amines is 1. The van der Waals surface area contributed by atoms with E-state index in [4.69, 9.17) is 5.11 Å². The average Bonchev–Trinajstić information content (AvgIpc) is 2.98. The van der Waals surface area contributed by atoms with Crippen molar-refractivity contribution in [3.8, 4) is 0 Å². The zero-order chi connectivity index (χ0) is 18.7. The second-order valence-corrected chi connectivity index (χ2v) is 7.03. The molecule has 0 bridgehead atoms. The van der Waals surface area contributed by atoms with Crippen molar-refractivity contribution in [3.05, 3.63) is 52.3 Å². The van der Waals surface area contributed by atoms with Crippen molar-refractivity contribution in [2.45, 2.75) is 45.4 Å². The van der Waals surface area contributed by atoms with E-state index in [1.165, 1.54) is 0 Å². The number of amides is 1. The number of nitrogens with one attached hydrogen (secondary N) is 1. The fourth-order valence-corrected chi connectivity index (χ4v) is 3.54. The summed E-state index contributed by atoms with van der Waals surface area (Å²) in [5, 5.41) is 16.3. The Hall–Kier alpha value is -2.63. The first-order valence-corrected chi connectivity index (χ1v) is 9.07. The van der Waals surface area contributed by atoms with Crippen LogP contribution in [0.3, 0.4) is 0 Å². The monoisotopic (exact) mass is 355 g/mol. The number of carbonyl (C=O) groups is 2. The minimum atomic E-state index is -0.916. The molecule has 1 amide bonds. The summed E-state index contributed by atoms with van der Waals surface area (Å²) in [6.07, 6.45) is 3.12. The first kappa shape index (κ1) is 18.2. The Labute approximate surface area is 153 Å². The fraction of sp³-hybridized carbons (Fsp3) is 0.450. The lowest BCUT2D eigenvalue weighted by molar-refractivity contribution is -0.132. The molecule has 0 unspecified atom stereocenters. The number of H-pyrrole nitrogens is 1. The molecule has 1 aliphatic rings. The van der Waals surface area contributed by atoms with Crippen molar-refractivity contribution < 1.29 is 14.7 Å². The summed E-state index contributed by atoms with van der Waals surface area (Å²) in [7, 11) is 0. The number of nitrogens with zero attached hydrogens (tertiary/aromatic N) is 2. The number of aromatic carboxylic acids is 1. The maximum atomic E-state index is 12.6. The Bertz CT molecular complexity index is 795. The van der Waals surface area contributed by atoms with E-state index in [0.717, 1.165) is 41.9 Å². The minimum Gasteiger partial charge on any atom is -0.478 e. The van der Waals surface area contributed by atoms with Gasteiger partial charge < -0.3 is 10.0 Å². The lowest BCUT2D eigenvalue weighted by Gasteiger charge is -2.33. The van der Waals surface area contributed by atoms with Gasteiger partial charge in [-0.2, -0.15) is 5.10 Å². The number of hydrogen-bond donors (Lipinski definition) is 2. The number of piperidine rings is 1. The topological polar surface area (TPSA) is 86.3 Å². The predicted octanol–water partition coefficient (Wildman–Crippen LogP) is 3.06. The van der Waals surface area contributed by atoms with E-state index in [-0.39, 0.29) is 11.8 Å². The molecular weight excluding hydrogens is 330 g/mol. The van der Waals surface area contributed by atoms with Crippen LogP contribution < -0.4 is 0 Å². The van der Waals surface area contributed by atoms with Crippen molar-refractivity contribution in [2.24, 2.45) is 0 Å². The highest BCUT2D eigenvalue weighted by molar-refractivity contribution is 5.87. The normalized spacial score (nSPS) is 17.3. The van der Waals surface area contributed by atoms with Gasteiger partial charge in [0.2, 0.25) is 5.91 Å². The van der Waals surface area contributed by atoms with Gasteiger partial charge >= 0.3 is 5.97 Å². The molecule has 0 aliphatic carbocycles. The lowest BCUT2D eigenvalue weighted by atomic mass is 9.90. The van der Waals surface area contributed by atoms with Gasteiger partial charge in [-0.25, -0.2) is 4.79 Å². The van der Waals surface area contributed by atoms with Crippen molar-refractivity contribution in [1.82, 2.24) is 15.1 Å². The zero-order valence-electron chi connectivity index (χ0n) is 15.3. The molecule has 1 saturated heterocycles. The number of carboxylic acid groups (broad SMARTS) is 1. The van der Waals surface area contributed by atoms with Gasteiger partial charge in [0.1, 0.15) is 0 Å². The number of hydrogen-bond acceptors (Lipinski definition) is 3. The van der Waals surface area contributed by atoms with Crippen molar-refractivity contribution in [2.75, 3.05) is 13.1 Å². The summed E-state index contributed by atoms with van der Waals surface area (Å²) >= 11 is 0. The van der Waals surface area contributed by atoms with Gasteiger partial charge in [-0.3, -0.25) is 9.89 Å². The molecule has 2 aromatic rings. The predicted molar refractivity (Wildman–Crippen MR) is 98.3 cm³/mol. The van der Waals surface area contributed by atoms with E-state index < -0.39 is 5.97 Å². The Morgan fingerprint density at radius 3 is 2.62 bits per heavy atom. The number of aryl methyl sites for hydroxylation is 2. The van der Waals surface area contributed by atoms with Crippen molar-refractivity contribution >= 4 is 11.9 Å². The van der Waals surface area contributed by atoms with Gasteiger partial charge in [-0.05, 0) is 49.9 Å². The Balaban J connectivity index is 1.59. The van der Waals surface area contributed by atoms with Crippen LogP contribution in [-0.2, 0) is 11.2 Å². The molecule has 3 rings (SSSR count). The van der Waals surface area contributed by atoms with E-state index in [1.807, 2.05) is 30.9 Å². The molecule has 26 heavy (non-hydrogen) atoms. The van der Waals surface area contributed by atoms with Gasteiger partial charge in [-0.1, -0.05) is 12.1 Å². The van der Waals surface area contributed by atoms with Crippen LogP contribution in [0.25, 0.3) is 0 Å². The van der Waals surface area contributed by atoms with Gasteiger partial charge in [0.25, 0.3) is 0 Å². The summed E-state index contributed by atoms with van der Waals surface area (Å²) in [6, 6.07) is 7.03. The molecule has 0 saturated carbocycles. The lowest BCUT2D eigenvalue weighted by Crippen LogP contribution is -2.39. The highest BCUT2D eigenvalue weighted by Gasteiger charge is 2.25. The number of rotatable bonds is 5. The molecule has 138 valence electrons. The average molecular weight is 355 g/mol. The number of aromatic nitrogens is 2. The van der Waals surface area contributed by atoms with Gasteiger partial charge in [0.15, 0.2) is 0 Å². The van der Waals surface area contributed by atoms with Gasteiger partial charge in [0, 0.05) is 37.5 Å². The third-order valence-electron chi connectivity index (χ3n) is 5.33. The minimum absolute atomic E-state index is 0.164. The molecule has 1 atom stereocenters. The zero-order valence-corrected chi connectivity index (χ0v) is 15.3. The van der Waals surface area contributed by atoms with Crippen LogP contribution in [0, 0.1) is 13.8 Å². The molecule has 2 heterocycles. The summed E-state index contributed by atoms with van der Waals surface area (Å²) in [5.41, 5.74) is 4.55. The number of carbonyl (C=O) groups excluding carboxylic acids is 1. The highest BCUT2D eigenvalue weighted by atomic mass is 16.4. The van der Waals surface area contributed by atoms with E-state index in [2.05, 4.69) is 10.2 Å². The molecule has 0 radical (unpaired) electrons. The van der Waals surface area contributed by atoms with E-state index in [0.29, 0.717) is 24.9 Å². The molecule has 0 spiro atoms. The van der Waals surface area contributed by atoms with Crippen LogP contribution in [0.5, 0.6) is 0 Å². The molecule has 2 N–H and O–H groups in total. The Morgan fingerprint density at radius 1 is 1.27 bits per heavy atom. The highest BCUT2D eigenvalue weighted by Crippen LogP contribution is 2.27. The maximum absolute atomic E-state index is 12.6. The third-order valence-corrected chi connectivity index (χ3v) is 5.33. The van der Waals surface area contributed by atoms with Gasteiger partial charge in [-0.15, -0.1) is 0 Å². The van der Waals surface area contributed by atoms with E-state index >= 15 is 0 Å². The van der Waals surface area contributed by atoms with Crippen LogP contribution in [0.4, 0.5) is 0 Å². The molecule has 6 heteroatoms. The quantitative estimate of drug-likeness (QED) is 0.863. The largest absolute Gasteiger partial charge is 0.478 e. The van der Waals surface area contributed by atoms with E-state index in [9.17, 15) is 9.59 Å². The van der Waals surface area contributed by atoms with Crippen LogP contribution in [0.15, 0.2) is 24.3 Å². The Morgan fingerprint density at radius 2 is 2.00 bits per heavy atom. The molecule has 1 aliphatic heterocycles. The number of carboxylic acids is 1. The van der Waals surface area contributed by atoms with Crippen LogP contribution in [-0.4, -0.2) is 45.2 Å². The molecule has 6 nitrogen and oxygen atoms in total. The van der Waals surface area contributed by atoms with Crippen LogP contribution in [0.2, 0.25) is 0 Å². The fourth-order valence-electron chi connectivity index (χ4n) is 3.54. The van der Waals surface area contributed by atoms with Crippen LogP contribution in [0.1, 0.15) is 58.1 Å². The second kappa shape index (κ2) is 7.72. The summed E-state index contributed by atoms with van der Waals surface area (Å²) in [4.78, 5) is 25.5. The summed E-state index contributed by atoms with van der Waals surface area (Å²) < 4.78 is 0. The molecule has 1 aromatic heterocycles. The number of likely N-dealkylation sites (tertiary alicyclic amines) is 1. The number of benzene rings is 1. The third kappa shape index (κ3) is 3.95. The molecule has 1 aromatic carbocycles.